The Morgan fingerprint density at radius 2 is 2.22 bits per heavy atom. The molecule has 42 valence electrons. The molecule has 0 saturated heterocycles. The van der Waals surface area contributed by atoms with Gasteiger partial charge in [0.2, 0.25) is 0 Å². The molecular weight excluding hydrogens is 334 g/mol. The first-order chi connectivity index (χ1) is 3.93. The van der Waals surface area contributed by atoms with E-state index in [1.165, 1.54) is 6.08 Å². The predicted octanol–water partition coefficient (Wildman–Crippen LogP) is 1.93. The maximum Gasteiger partial charge on any atom is 2.00 e. The van der Waals surface area contributed by atoms with E-state index in [0.717, 1.165) is 5.56 Å². The van der Waals surface area contributed by atoms with E-state index in [1.807, 2.05) is 24.3 Å². The summed E-state index contributed by atoms with van der Waals surface area (Å²) in [6.07, 6.45) is 1.53. The zero-order valence-corrected chi connectivity index (χ0v) is 9.13. The molecule has 1 aromatic rings. The molecule has 0 bridgehead atoms. The molecule has 0 saturated carbocycles. The molecule has 0 aliphatic carbocycles. The van der Waals surface area contributed by atoms with Crippen molar-refractivity contribution in [3.8, 4) is 0 Å². The maximum absolute atomic E-state index is 5.19. The van der Waals surface area contributed by atoms with Crippen LogP contribution in [-0.2, 0) is 0 Å². The average molecular weight is 340 g/mol. The van der Waals surface area contributed by atoms with Gasteiger partial charge in [-0.2, -0.15) is 12.1 Å². The molecule has 1 heteroatoms. The van der Waals surface area contributed by atoms with E-state index in [2.05, 4.69) is 6.07 Å². The van der Waals surface area contributed by atoms with E-state index in [4.69, 9.17) is 6.58 Å². The summed E-state index contributed by atoms with van der Waals surface area (Å²) in [7, 11) is 0. The van der Waals surface area contributed by atoms with E-state index in [9.17, 15) is 0 Å². The Bertz CT molecular complexity index is 167. The van der Waals surface area contributed by atoms with E-state index in [0.29, 0.717) is 0 Å². The van der Waals surface area contributed by atoms with Crippen LogP contribution in [-0.4, -0.2) is 0 Å². The van der Waals surface area contributed by atoms with Crippen LogP contribution in [0, 0.1) is 43.8 Å². The molecule has 0 aliphatic rings. The van der Waals surface area contributed by atoms with E-state index >= 15 is 0 Å². The van der Waals surface area contributed by atoms with Gasteiger partial charge < -0.3 is 18.2 Å². The first-order valence-corrected chi connectivity index (χ1v) is 2.45. The second kappa shape index (κ2) is 4.85. The molecule has 0 atom stereocenters. The van der Waals surface area contributed by atoms with Gasteiger partial charge in [-0.25, -0.2) is 12.1 Å². The number of rotatable bonds is 1. The summed E-state index contributed by atoms with van der Waals surface area (Å²) >= 11 is 0. The summed E-state index contributed by atoms with van der Waals surface area (Å²) in [5.41, 5.74) is 0.938. The summed E-state index contributed by atoms with van der Waals surface area (Å²) in [4.78, 5) is 0. The molecule has 0 amide bonds. The molecule has 9 heavy (non-hydrogen) atoms. The van der Waals surface area contributed by atoms with E-state index in [1.54, 1.807) is 0 Å². The minimum Gasteiger partial charge on any atom is -0.344 e. The third-order valence-electron chi connectivity index (χ3n) is 0.913. The third-order valence-corrected chi connectivity index (χ3v) is 0.913. The van der Waals surface area contributed by atoms with Crippen LogP contribution < -0.4 is 0 Å². The quantitative estimate of drug-likeness (QED) is 0.686. The molecule has 0 radical (unpaired) electrons. The van der Waals surface area contributed by atoms with Crippen molar-refractivity contribution in [2.45, 2.75) is 0 Å². The van der Waals surface area contributed by atoms with Crippen molar-refractivity contribution < 1.29 is 31.1 Å². The standard InChI is InChI=1S/C8H6.U/c1-2-8-6-4-3-5-7-8;/h1-6H;/q-2;+2. The number of benzene rings is 1. The van der Waals surface area contributed by atoms with Gasteiger partial charge >= 0.3 is 31.1 Å². The zero-order chi connectivity index (χ0) is 5.82. The normalized spacial score (nSPS) is 7.56. The summed E-state index contributed by atoms with van der Waals surface area (Å²) in [6, 6.07) is 10.5. The average Bonchev–Trinajstić information content (AvgIpc) is 1.90. The van der Waals surface area contributed by atoms with Crippen molar-refractivity contribution in [1.82, 2.24) is 0 Å². The van der Waals surface area contributed by atoms with E-state index in [-0.39, 0.29) is 31.1 Å². The molecular formula is C8H6U. The van der Waals surface area contributed by atoms with Gasteiger partial charge in [0.1, 0.15) is 0 Å². The van der Waals surface area contributed by atoms with E-state index < -0.39 is 0 Å². The molecule has 0 fully saturated rings. The van der Waals surface area contributed by atoms with Crippen LogP contribution in [0.2, 0.25) is 0 Å². The second-order valence-electron chi connectivity index (χ2n) is 1.48. The van der Waals surface area contributed by atoms with Crippen LogP contribution in [0.4, 0.5) is 0 Å². The van der Waals surface area contributed by atoms with Crippen LogP contribution in [0.25, 0.3) is 6.08 Å². The van der Waals surface area contributed by atoms with Gasteiger partial charge in [-0.1, -0.05) is 0 Å². The van der Waals surface area contributed by atoms with Crippen molar-refractivity contribution in [2.24, 2.45) is 0 Å². The molecule has 0 heterocycles. The SMILES string of the molecule is [CH-]=Cc1[c-]cccc1.[U+2]. The second-order valence-corrected chi connectivity index (χ2v) is 1.48. The summed E-state index contributed by atoms with van der Waals surface area (Å²) < 4.78 is 0. The Morgan fingerprint density at radius 3 is 2.56 bits per heavy atom. The van der Waals surface area contributed by atoms with Crippen LogP contribution in [0.5, 0.6) is 0 Å². The number of hydrogen-bond acceptors (Lipinski definition) is 0. The molecule has 0 spiro atoms. The largest absolute Gasteiger partial charge is 2.00 e. The fraction of sp³-hybridized carbons (Fsp3) is 0. The van der Waals surface area contributed by atoms with Gasteiger partial charge in [0.25, 0.3) is 0 Å². The van der Waals surface area contributed by atoms with Crippen LogP contribution in [0.3, 0.4) is 0 Å². The Kier molecular flexibility index (Phi) is 4.86. The Hall–Kier alpha value is 0.0119. The minimum absolute atomic E-state index is 0. The van der Waals surface area contributed by atoms with Gasteiger partial charge in [-0.3, -0.25) is 0 Å². The Labute approximate surface area is 79.4 Å². The molecule has 0 aromatic heterocycles. The first kappa shape index (κ1) is 9.01. The topological polar surface area (TPSA) is 0 Å². The zero-order valence-electron chi connectivity index (χ0n) is 4.96. The molecule has 1 rings (SSSR count). The van der Waals surface area contributed by atoms with Crippen molar-refractivity contribution in [3.05, 3.63) is 42.5 Å². The van der Waals surface area contributed by atoms with Crippen molar-refractivity contribution in [3.63, 3.8) is 0 Å². The van der Waals surface area contributed by atoms with Crippen molar-refractivity contribution in [2.75, 3.05) is 0 Å². The van der Waals surface area contributed by atoms with Gasteiger partial charge in [-0.15, -0.1) is 6.07 Å². The summed E-state index contributed by atoms with van der Waals surface area (Å²) in [6.45, 7) is 5.19. The molecule has 1 aromatic carbocycles. The van der Waals surface area contributed by atoms with Crippen LogP contribution in [0.1, 0.15) is 5.56 Å². The van der Waals surface area contributed by atoms with Crippen LogP contribution in [0.15, 0.2) is 24.3 Å². The summed E-state index contributed by atoms with van der Waals surface area (Å²) in [5, 5.41) is 0. The molecule has 0 nitrogen and oxygen atoms in total. The fourth-order valence-corrected chi connectivity index (χ4v) is 0.511. The minimum atomic E-state index is 0. The van der Waals surface area contributed by atoms with Crippen LogP contribution >= 0.6 is 0 Å². The number of hydrogen-bond donors (Lipinski definition) is 0. The predicted molar refractivity (Wildman–Crippen MR) is 34.0 cm³/mol. The molecule has 0 N–H and O–H groups in total. The first-order valence-electron chi connectivity index (χ1n) is 2.45. The Morgan fingerprint density at radius 1 is 1.44 bits per heavy atom. The maximum atomic E-state index is 5.19. The molecule has 0 aliphatic heterocycles. The molecule has 0 unspecified atom stereocenters. The van der Waals surface area contributed by atoms with Gasteiger partial charge in [0, 0.05) is 0 Å². The summed E-state index contributed by atoms with van der Waals surface area (Å²) in [5.74, 6) is 0. The van der Waals surface area contributed by atoms with Gasteiger partial charge in [0.05, 0.1) is 0 Å². The van der Waals surface area contributed by atoms with Gasteiger partial charge in [0.15, 0.2) is 0 Å². The van der Waals surface area contributed by atoms with Crippen molar-refractivity contribution in [1.29, 1.82) is 0 Å². The smallest absolute Gasteiger partial charge is 0.344 e. The third kappa shape index (κ3) is 2.89. The fourth-order valence-electron chi connectivity index (χ4n) is 0.511. The monoisotopic (exact) mass is 340 g/mol. The van der Waals surface area contributed by atoms with Gasteiger partial charge in [-0.05, 0) is 0 Å². The van der Waals surface area contributed by atoms with Crippen molar-refractivity contribution >= 4 is 6.08 Å². The Balaban J connectivity index is 0.000000640.